The third-order valence-electron chi connectivity index (χ3n) is 2.66. The Hall–Kier alpha value is -1.29. The predicted octanol–water partition coefficient (Wildman–Crippen LogP) is 2.19. The number of rotatable bonds is 3. The zero-order valence-electron chi connectivity index (χ0n) is 9.70. The summed E-state index contributed by atoms with van der Waals surface area (Å²) in [6.45, 7) is 4.00. The van der Waals surface area contributed by atoms with Gasteiger partial charge in [0.25, 0.3) is 5.91 Å². The number of hydrogen-bond donors (Lipinski definition) is 1. The summed E-state index contributed by atoms with van der Waals surface area (Å²) < 4.78 is 0. The van der Waals surface area contributed by atoms with Crippen LogP contribution in [0.5, 0.6) is 0 Å². The maximum absolute atomic E-state index is 12.1. The minimum Gasteiger partial charge on any atom is -0.397 e. The average Bonchev–Trinajstić information content (AvgIpc) is 2.29. The van der Waals surface area contributed by atoms with E-state index < -0.39 is 0 Å². The smallest absolute Gasteiger partial charge is 0.257 e. The van der Waals surface area contributed by atoms with E-state index in [1.54, 1.807) is 18.0 Å². The summed E-state index contributed by atoms with van der Waals surface area (Å²) in [7, 11) is 1.75. The van der Waals surface area contributed by atoms with Gasteiger partial charge in [-0.25, -0.2) is 4.98 Å². The van der Waals surface area contributed by atoms with Crippen molar-refractivity contribution in [3.8, 4) is 0 Å². The molecule has 4 nitrogen and oxygen atoms in total. The maximum Gasteiger partial charge on any atom is 0.257 e. The molecule has 5 heteroatoms. The molecule has 1 amide bonds. The van der Waals surface area contributed by atoms with Crippen LogP contribution in [0.1, 0.15) is 30.6 Å². The lowest BCUT2D eigenvalue weighted by Crippen LogP contribution is -2.34. The fourth-order valence-corrected chi connectivity index (χ4v) is 1.46. The number of nitrogens with zero attached hydrogens (tertiary/aromatic N) is 2. The van der Waals surface area contributed by atoms with Crippen LogP contribution in [0.15, 0.2) is 12.3 Å². The number of pyridine rings is 1. The molecule has 1 heterocycles. The van der Waals surface area contributed by atoms with Crippen molar-refractivity contribution in [2.24, 2.45) is 0 Å². The first-order valence-electron chi connectivity index (χ1n) is 5.15. The SMILES string of the molecule is CCC(C)N(C)C(=O)c1cc(N)cnc1Cl. The number of amides is 1. The zero-order valence-corrected chi connectivity index (χ0v) is 10.5. The van der Waals surface area contributed by atoms with Crippen molar-refractivity contribution in [3.63, 3.8) is 0 Å². The summed E-state index contributed by atoms with van der Waals surface area (Å²) in [6, 6.07) is 1.71. The Morgan fingerprint density at radius 3 is 2.88 bits per heavy atom. The van der Waals surface area contributed by atoms with Gasteiger partial charge in [-0.2, -0.15) is 0 Å². The van der Waals surface area contributed by atoms with Crippen LogP contribution >= 0.6 is 11.6 Å². The van der Waals surface area contributed by atoms with E-state index in [0.29, 0.717) is 11.3 Å². The van der Waals surface area contributed by atoms with Gasteiger partial charge in [0.15, 0.2) is 0 Å². The second-order valence-corrected chi connectivity index (χ2v) is 4.14. The van der Waals surface area contributed by atoms with E-state index in [-0.39, 0.29) is 17.1 Å². The van der Waals surface area contributed by atoms with Crippen LogP contribution in [0.25, 0.3) is 0 Å². The van der Waals surface area contributed by atoms with Crippen LogP contribution in [0.3, 0.4) is 0 Å². The first-order valence-corrected chi connectivity index (χ1v) is 5.53. The molecular weight excluding hydrogens is 226 g/mol. The van der Waals surface area contributed by atoms with Gasteiger partial charge in [-0.05, 0) is 19.4 Å². The second-order valence-electron chi connectivity index (χ2n) is 3.78. The summed E-state index contributed by atoms with van der Waals surface area (Å²) in [5.41, 5.74) is 6.37. The Labute approximate surface area is 100 Å². The number of nitrogens with two attached hydrogens (primary N) is 1. The third kappa shape index (κ3) is 2.64. The number of anilines is 1. The van der Waals surface area contributed by atoms with Crippen LogP contribution in [0, 0.1) is 0 Å². The Morgan fingerprint density at radius 2 is 2.31 bits per heavy atom. The van der Waals surface area contributed by atoms with Crippen molar-refractivity contribution < 1.29 is 4.79 Å². The molecular formula is C11H16ClN3O. The van der Waals surface area contributed by atoms with Crippen molar-refractivity contribution in [1.82, 2.24) is 9.88 Å². The minimum atomic E-state index is -0.154. The molecule has 0 aliphatic carbocycles. The van der Waals surface area contributed by atoms with Crippen LogP contribution < -0.4 is 5.73 Å². The maximum atomic E-state index is 12.1. The average molecular weight is 242 g/mol. The number of aromatic nitrogens is 1. The van der Waals surface area contributed by atoms with Gasteiger partial charge in [-0.1, -0.05) is 18.5 Å². The molecule has 0 aromatic carbocycles. The highest BCUT2D eigenvalue weighted by atomic mass is 35.5. The molecule has 0 saturated heterocycles. The lowest BCUT2D eigenvalue weighted by molar-refractivity contribution is 0.0740. The molecule has 0 radical (unpaired) electrons. The quantitative estimate of drug-likeness (QED) is 0.826. The van der Waals surface area contributed by atoms with Gasteiger partial charge in [0, 0.05) is 13.1 Å². The molecule has 88 valence electrons. The van der Waals surface area contributed by atoms with Crippen molar-refractivity contribution in [2.45, 2.75) is 26.3 Å². The second kappa shape index (κ2) is 5.16. The highest BCUT2D eigenvalue weighted by Crippen LogP contribution is 2.18. The molecule has 0 saturated carbocycles. The standard InChI is InChI=1S/C11H16ClN3O/c1-4-7(2)15(3)11(16)9-5-8(13)6-14-10(9)12/h5-7H,4,13H2,1-3H3. The summed E-state index contributed by atoms with van der Waals surface area (Å²) >= 11 is 5.87. The summed E-state index contributed by atoms with van der Waals surface area (Å²) in [4.78, 5) is 17.6. The van der Waals surface area contributed by atoms with Crippen molar-refractivity contribution >= 4 is 23.2 Å². The molecule has 1 rings (SSSR count). The monoisotopic (exact) mass is 241 g/mol. The van der Waals surface area contributed by atoms with Gasteiger partial charge in [0.2, 0.25) is 0 Å². The van der Waals surface area contributed by atoms with E-state index in [0.717, 1.165) is 6.42 Å². The largest absolute Gasteiger partial charge is 0.397 e. The Morgan fingerprint density at radius 1 is 1.69 bits per heavy atom. The fourth-order valence-electron chi connectivity index (χ4n) is 1.28. The lowest BCUT2D eigenvalue weighted by atomic mass is 10.2. The molecule has 1 unspecified atom stereocenters. The van der Waals surface area contributed by atoms with Crippen LogP contribution in [0.4, 0.5) is 5.69 Å². The first kappa shape index (κ1) is 12.8. The predicted molar refractivity (Wildman–Crippen MR) is 65.5 cm³/mol. The van der Waals surface area contributed by atoms with E-state index in [2.05, 4.69) is 4.98 Å². The van der Waals surface area contributed by atoms with E-state index in [4.69, 9.17) is 17.3 Å². The van der Waals surface area contributed by atoms with E-state index in [1.165, 1.54) is 6.20 Å². The van der Waals surface area contributed by atoms with E-state index in [1.807, 2.05) is 13.8 Å². The molecule has 1 aromatic rings. The van der Waals surface area contributed by atoms with Crippen molar-refractivity contribution in [2.75, 3.05) is 12.8 Å². The highest BCUT2D eigenvalue weighted by molar-refractivity contribution is 6.32. The highest BCUT2D eigenvalue weighted by Gasteiger charge is 2.19. The molecule has 1 atom stereocenters. The molecule has 1 aromatic heterocycles. The zero-order chi connectivity index (χ0) is 12.3. The Bertz CT molecular complexity index is 395. The molecule has 0 spiro atoms. The molecule has 0 aliphatic rings. The van der Waals surface area contributed by atoms with E-state index in [9.17, 15) is 4.79 Å². The van der Waals surface area contributed by atoms with Gasteiger partial charge in [0.1, 0.15) is 5.15 Å². The van der Waals surface area contributed by atoms with Gasteiger partial charge in [0.05, 0.1) is 17.4 Å². The third-order valence-corrected chi connectivity index (χ3v) is 2.96. The van der Waals surface area contributed by atoms with Crippen LogP contribution in [0.2, 0.25) is 5.15 Å². The molecule has 0 bridgehead atoms. The fraction of sp³-hybridized carbons (Fsp3) is 0.455. The van der Waals surface area contributed by atoms with Crippen molar-refractivity contribution in [1.29, 1.82) is 0 Å². The molecule has 16 heavy (non-hydrogen) atoms. The number of carbonyl (C=O) groups is 1. The van der Waals surface area contributed by atoms with Crippen LogP contribution in [-0.2, 0) is 0 Å². The number of hydrogen-bond acceptors (Lipinski definition) is 3. The lowest BCUT2D eigenvalue weighted by Gasteiger charge is -2.24. The summed E-state index contributed by atoms with van der Waals surface area (Å²) in [6.07, 6.45) is 2.32. The van der Waals surface area contributed by atoms with Gasteiger partial charge < -0.3 is 10.6 Å². The first-order chi connectivity index (χ1) is 7.47. The van der Waals surface area contributed by atoms with Gasteiger partial charge >= 0.3 is 0 Å². The van der Waals surface area contributed by atoms with Gasteiger partial charge in [-0.15, -0.1) is 0 Å². The number of carbonyl (C=O) groups excluding carboxylic acids is 1. The topological polar surface area (TPSA) is 59.2 Å². The summed E-state index contributed by atoms with van der Waals surface area (Å²) in [5, 5.41) is 0.189. The summed E-state index contributed by atoms with van der Waals surface area (Å²) in [5.74, 6) is -0.154. The van der Waals surface area contributed by atoms with Crippen molar-refractivity contribution in [3.05, 3.63) is 23.0 Å². The molecule has 0 aliphatic heterocycles. The number of halogens is 1. The minimum absolute atomic E-state index is 0.154. The Balaban J connectivity index is 3.00. The number of nitrogen functional groups attached to an aromatic ring is 1. The normalized spacial score (nSPS) is 12.2. The molecule has 0 fully saturated rings. The van der Waals surface area contributed by atoms with E-state index >= 15 is 0 Å². The van der Waals surface area contributed by atoms with Gasteiger partial charge in [-0.3, -0.25) is 4.79 Å². The molecule has 2 N–H and O–H groups in total. The Kier molecular flexibility index (Phi) is 4.12. The van der Waals surface area contributed by atoms with Crippen LogP contribution in [-0.4, -0.2) is 28.9 Å².